The number of aryl methyl sites for hydroxylation is 3. The molecule has 1 unspecified atom stereocenters. The van der Waals surface area contributed by atoms with Crippen LogP contribution in [0.3, 0.4) is 0 Å². The first-order chi connectivity index (χ1) is 24.1. The van der Waals surface area contributed by atoms with Gasteiger partial charge in [0.2, 0.25) is 0 Å². The van der Waals surface area contributed by atoms with Gasteiger partial charge in [0.05, 0.1) is 17.4 Å². The van der Waals surface area contributed by atoms with Crippen LogP contribution in [-0.4, -0.2) is 7.05 Å². The van der Waals surface area contributed by atoms with Gasteiger partial charge in [-0.1, -0.05) is 122 Å². The van der Waals surface area contributed by atoms with Crippen molar-refractivity contribution in [3.8, 4) is 0 Å². The zero-order chi connectivity index (χ0) is 36.6. The third-order valence-electron chi connectivity index (χ3n) is 7.84. The van der Waals surface area contributed by atoms with E-state index in [-0.39, 0.29) is 0 Å². The van der Waals surface area contributed by atoms with Crippen molar-refractivity contribution in [3.63, 3.8) is 0 Å². The minimum Gasteiger partial charge on any atom is -0.343 e. The second-order valence-electron chi connectivity index (χ2n) is 11.5. The van der Waals surface area contributed by atoms with Crippen molar-refractivity contribution in [2.24, 2.45) is 0 Å². The first kappa shape index (κ1) is 39.1. The number of hydrogen-bond donors (Lipinski definition) is 0. The first-order valence-corrected chi connectivity index (χ1v) is 16.7. The maximum Gasteiger partial charge on any atom is 0.161 e. The Kier molecular flexibility index (Phi) is 15.3. The third-order valence-corrected chi connectivity index (χ3v) is 7.84. The topological polar surface area (TPSA) is 6.48 Å². The van der Waals surface area contributed by atoms with Crippen molar-refractivity contribution < 1.29 is 17.6 Å². The number of nitrogens with zero attached hydrogens (tertiary/aromatic N) is 2. The van der Waals surface area contributed by atoms with Gasteiger partial charge in [-0.25, -0.2) is 17.6 Å². The van der Waals surface area contributed by atoms with Gasteiger partial charge in [0.15, 0.2) is 23.3 Å². The molecule has 0 aromatic heterocycles. The Balaban J connectivity index is 0.000000346. The SMILES string of the molecule is CC.Cc1cc(F)c(F)cc1C(C)N(c1ccccc1)c1cc(F)c(F)cc1N(C)c1ccccc1.Cc1ccccc1.Cc1ccccc1. The quantitative estimate of drug-likeness (QED) is 0.162. The van der Waals surface area contributed by atoms with E-state index in [1.165, 1.54) is 11.1 Å². The van der Waals surface area contributed by atoms with Gasteiger partial charge in [-0.05, 0) is 75.2 Å². The van der Waals surface area contributed by atoms with Crippen molar-refractivity contribution in [1.29, 1.82) is 0 Å². The van der Waals surface area contributed by atoms with Gasteiger partial charge in [0, 0.05) is 30.6 Å². The molecule has 0 bridgehead atoms. The standard InChI is InChI=1S/C28H24F4N2.2C7H8.C2H6/c1-18-14-23(29)24(30)15-22(18)19(2)34(21-12-8-5-9-13-21)28-17-26(32)25(31)16-27(28)33(3)20-10-6-4-7-11-20;2*1-7-5-3-2-4-6-7;1-2/h4-17,19H,1-3H3;2*2-6H,1H3;1-2H3. The van der Waals surface area contributed by atoms with Gasteiger partial charge in [0.1, 0.15) is 0 Å². The summed E-state index contributed by atoms with van der Waals surface area (Å²) in [5.74, 6) is -3.88. The van der Waals surface area contributed by atoms with Gasteiger partial charge in [-0.15, -0.1) is 0 Å². The molecule has 0 aliphatic carbocycles. The summed E-state index contributed by atoms with van der Waals surface area (Å²) in [7, 11) is 1.77. The highest BCUT2D eigenvalue weighted by atomic mass is 19.2. The Morgan fingerprint density at radius 3 is 1.24 bits per heavy atom. The molecule has 0 saturated carbocycles. The summed E-state index contributed by atoms with van der Waals surface area (Å²) in [6, 6.07) is 43.0. The van der Waals surface area contributed by atoms with Gasteiger partial charge in [-0.2, -0.15) is 0 Å². The molecule has 6 aromatic rings. The fourth-order valence-electron chi connectivity index (χ4n) is 5.26. The van der Waals surface area contributed by atoms with E-state index in [4.69, 9.17) is 0 Å². The van der Waals surface area contributed by atoms with Crippen molar-refractivity contribution in [3.05, 3.63) is 191 Å². The predicted molar refractivity (Wildman–Crippen MR) is 203 cm³/mol. The largest absolute Gasteiger partial charge is 0.343 e. The Bertz CT molecular complexity index is 1830. The molecule has 0 amide bonds. The van der Waals surface area contributed by atoms with E-state index in [1.807, 2.05) is 118 Å². The lowest BCUT2D eigenvalue weighted by Gasteiger charge is -2.36. The molecule has 2 nitrogen and oxygen atoms in total. The van der Waals surface area contributed by atoms with Gasteiger partial charge in [-0.3, -0.25) is 0 Å². The van der Waals surface area contributed by atoms with Crippen LogP contribution in [-0.2, 0) is 0 Å². The summed E-state index contributed by atoms with van der Waals surface area (Å²) in [5.41, 5.74) is 5.99. The van der Waals surface area contributed by atoms with Gasteiger partial charge in [0.25, 0.3) is 0 Å². The van der Waals surface area contributed by atoms with Crippen molar-refractivity contribution in [1.82, 2.24) is 0 Å². The van der Waals surface area contributed by atoms with E-state index in [0.717, 1.165) is 30.0 Å². The van der Waals surface area contributed by atoms with E-state index in [2.05, 4.69) is 38.1 Å². The summed E-state index contributed by atoms with van der Waals surface area (Å²) in [4.78, 5) is 3.57. The van der Waals surface area contributed by atoms with Crippen molar-refractivity contribution in [2.75, 3.05) is 16.8 Å². The van der Waals surface area contributed by atoms with Crippen molar-refractivity contribution in [2.45, 2.75) is 47.6 Å². The predicted octanol–water partition coefficient (Wildman–Crippen LogP) is 13.2. The van der Waals surface area contributed by atoms with E-state index in [0.29, 0.717) is 28.2 Å². The molecule has 0 N–H and O–H groups in total. The molecule has 6 aromatic carbocycles. The van der Waals surface area contributed by atoms with E-state index >= 15 is 0 Å². The second-order valence-corrected chi connectivity index (χ2v) is 11.5. The molecular weight excluding hydrogens is 632 g/mol. The van der Waals surface area contributed by atoms with Crippen LogP contribution in [0.15, 0.2) is 146 Å². The molecule has 0 aliphatic rings. The number of anilines is 4. The molecule has 6 heteroatoms. The van der Waals surface area contributed by atoms with E-state index in [9.17, 15) is 17.6 Å². The number of hydrogen-bond acceptors (Lipinski definition) is 2. The van der Waals surface area contributed by atoms with Crippen LogP contribution in [0.25, 0.3) is 0 Å². The van der Waals surface area contributed by atoms with Crippen molar-refractivity contribution >= 4 is 22.7 Å². The number of rotatable bonds is 6. The maximum atomic E-state index is 14.6. The normalized spacial score (nSPS) is 10.6. The summed E-state index contributed by atoms with van der Waals surface area (Å²) in [6.45, 7) is 11.7. The monoisotopic (exact) mass is 678 g/mol. The first-order valence-electron chi connectivity index (χ1n) is 16.7. The number of benzene rings is 6. The molecule has 0 aliphatic heterocycles. The van der Waals surface area contributed by atoms with Crippen LogP contribution in [0, 0.1) is 44.0 Å². The maximum absolute atomic E-state index is 14.6. The molecule has 1 atom stereocenters. The van der Waals surface area contributed by atoms with Gasteiger partial charge < -0.3 is 9.80 Å². The van der Waals surface area contributed by atoms with Crippen LogP contribution >= 0.6 is 0 Å². The molecule has 50 heavy (non-hydrogen) atoms. The fourth-order valence-corrected chi connectivity index (χ4v) is 5.26. The van der Waals surface area contributed by atoms with Crippen LogP contribution in [0.1, 0.15) is 49.1 Å². The molecule has 0 heterocycles. The van der Waals surface area contributed by atoms with Gasteiger partial charge >= 0.3 is 0 Å². The molecule has 260 valence electrons. The molecule has 0 saturated heterocycles. The molecular formula is C44H46F4N2. The molecule has 6 rings (SSSR count). The number of halogens is 4. The second kappa shape index (κ2) is 19.6. The lowest BCUT2D eigenvalue weighted by molar-refractivity contribution is 0.504. The van der Waals surface area contributed by atoms with Crippen LogP contribution in [0.2, 0.25) is 0 Å². The Morgan fingerprint density at radius 2 is 0.820 bits per heavy atom. The summed E-state index contributed by atoms with van der Waals surface area (Å²) < 4.78 is 57.2. The summed E-state index contributed by atoms with van der Waals surface area (Å²) in [6.07, 6.45) is 0. The Hall–Kier alpha value is -5.36. The summed E-state index contributed by atoms with van der Waals surface area (Å²) >= 11 is 0. The smallest absolute Gasteiger partial charge is 0.161 e. The highest BCUT2D eigenvalue weighted by Crippen LogP contribution is 2.43. The minimum atomic E-state index is -1.00. The van der Waals surface area contributed by atoms with E-state index in [1.54, 1.807) is 23.8 Å². The zero-order valence-corrected chi connectivity index (χ0v) is 29.8. The molecule has 0 radical (unpaired) electrons. The molecule has 0 fully saturated rings. The van der Waals surface area contributed by atoms with Crippen LogP contribution in [0.5, 0.6) is 0 Å². The van der Waals surface area contributed by atoms with Crippen LogP contribution in [0.4, 0.5) is 40.3 Å². The zero-order valence-electron chi connectivity index (χ0n) is 29.8. The highest BCUT2D eigenvalue weighted by molar-refractivity contribution is 5.82. The third kappa shape index (κ3) is 10.8. The summed E-state index contributed by atoms with van der Waals surface area (Å²) in [5, 5.41) is 0. The fraction of sp³-hybridized carbons (Fsp3) is 0.182. The van der Waals surface area contributed by atoms with E-state index < -0.39 is 29.3 Å². The Labute approximate surface area is 295 Å². The highest BCUT2D eigenvalue weighted by Gasteiger charge is 2.26. The van der Waals surface area contributed by atoms with Crippen LogP contribution < -0.4 is 9.80 Å². The average Bonchev–Trinajstić information content (AvgIpc) is 3.14. The number of para-hydroxylation sites is 2. The Morgan fingerprint density at radius 1 is 0.460 bits per heavy atom. The molecule has 0 spiro atoms. The minimum absolute atomic E-state index is 0.382. The average molecular weight is 679 g/mol. The lowest BCUT2D eigenvalue weighted by atomic mass is 9.99. The lowest BCUT2D eigenvalue weighted by Crippen LogP contribution is -2.25.